The Morgan fingerprint density at radius 1 is 0.595 bits per heavy atom. The van der Waals surface area contributed by atoms with E-state index in [4.69, 9.17) is 0 Å². The van der Waals surface area contributed by atoms with E-state index in [1.54, 1.807) is 0 Å². The molecule has 37 heavy (non-hydrogen) atoms. The molecular weight excluding hydrogens is 458 g/mol. The summed E-state index contributed by atoms with van der Waals surface area (Å²) in [4.78, 5) is 21.7. The molecule has 0 spiro atoms. The van der Waals surface area contributed by atoms with Gasteiger partial charge in [0, 0.05) is 28.7 Å². The molecule has 5 rings (SSSR count). The molecular formula is C31H27N5O. The molecule has 0 fully saturated rings. The fraction of sp³-hybridized carbons (Fsp3) is 0.0645. The topological polar surface area (TPSA) is 78.9 Å². The third kappa shape index (κ3) is 6.18. The Labute approximate surface area is 216 Å². The molecule has 0 aliphatic rings. The number of aryl methyl sites for hydroxylation is 2. The Bertz CT molecular complexity index is 1500. The largest absolute Gasteiger partial charge is 0.340 e. The quantitative estimate of drug-likeness (QED) is 0.222. The molecule has 1 amide bonds. The minimum Gasteiger partial charge on any atom is -0.340 e. The van der Waals surface area contributed by atoms with Crippen molar-refractivity contribution < 1.29 is 4.79 Å². The van der Waals surface area contributed by atoms with E-state index >= 15 is 0 Å². The molecule has 6 heteroatoms. The molecule has 6 nitrogen and oxygen atoms in total. The van der Waals surface area contributed by atoms with Gasteiger partial charge in [-0.3, -0.25) is 4.79 Å². The number of nitrogens with zero attached hydrogens (tertiary/aromatic N) is 2. The van der Waals surface area contributed by atoms with Gasteiger partial charge in [-0.15, -0.1) is 0 Å². The van der Waals surface area contributed by atoms with Gasteiger partial charge in [0.05, 0.1) is 0 Å². The number of benzene rings is 4. The number of anilines is 5. The van der Waals surface area contributed by atoms with Crippen LogP contribution in [-0.2, 0) is 0 Å². The van der Waals surface area contributed by atoms with Crippen molar-refractivity contribution in [2.75, 3.05) is 16.0 Å². The average molecular weight is 486 g/mol. The normalized spacial score (nSPS) is 10.5. The number of amides is 1. The summed E-state index contributed by atoms with van der Waals surface area (Å²) in [6, 6.07) is 35.2. The van der Waals surface area contributed by atoms with Gasteiger partial charge in [0.1, 0.15) is 17.5 Å². The molecule has 0 radical (unpaired) electrons. The maximum absolute atomic E-state index is 12.7. The third-order valence-electron chi connectivity index (χ3n) is 5.83. The molecule has 0 saturated heterocycles. The van der Waals surface area contributed by atoms with Crippen molar-refractivity contribution in [3.8, 4) is 11.1 Å². The van der Waals surface area contributed by atoms with Gasteiger partial charge >= 0.3 is 0 Å². The molecule has 182 valence electrons. The number of aromatic nitrogens is 2. The first kappa shape index (κ1) is 23.8. The Morgan fingerprint density at radius 3 is 1.70 bits per heavy atom. The van der Waals surface area contributed by atoms with Crippen LogP contribution in [0.25, 0.3) is 11.1 Å². The second-order valence-corrected chi connectivity index (χ2v) is 8.78. The minimum absolute atomic E-state index is 0.154. The van der Waals surface area contributed by atoms with Crippen molar-refractivity contribution in [3.63, 3.8) is 0 Å². The van der Waals surface area contributed by atoms with Crippen molar-refractivity contribution in [2.45, 2.75) is 13.8 Å². The zero-order chi connectivity index (χ0) is 25.6. The summed E-state index contributed by atoms with van der Waals surface area (Å²) < 4.78 is 0. The summed E-state index contributed by atoms with van der Waals surface area (Å²) in [6.07, 6.45) is 0. The van der Waals surface area contributed by atoms with Crippen LogP contribution >= 0.6 is 0 Å². The highest BCUT2D eigenvalue weighted by Gasteiger charge is 2.08. The van der Waals surface area contributed by atoms with Gasteiger partial charge in [0.25, 0.3) is 5.91 Å². The van der Waals surface area contributed by atoms with Gasteiger partial charge in [0.15, 0.2) is 0 Å². The van der Waals surface area contributed by atoms with Gasteiger partial charge in [-0.25, -0.2) is 9.97 Å². The minimum atomic E-state index is -0.154. The van der Waals surface area contributed by atoms with Gasteiger partial charge in [-0.1, -0.05) is 60.2 Å². The van der Waals surface area contributed by atoms with Gasteiger partial charge in [0.2, 0.25) is 0 Å². The molecule has 0 aliphatic carbocycles. The first-order chi connectivity index (χ1) is 18.0. The number of carbonyl (C=O) groups excluding carboxylic acids is 1. The zero-order valence-corrected chi connectivity index (χ0v) is 20.7. The van der Waals surface area contributed by atoms with E-state index in [-0.39, 0.29) is 5.91 Å². The fourth-order valence-corrected chi connectivity index (χ4v) is 3.91. The molecule has 0 saturated carbocycles. The zero-order valence-electron chi connectivity index (χ0n) is 20.7. The SMILES string of the molecule is Cc1ccc(Nc2cc(Nc3ccc(NC(=O)c4ccc(-c5ccccc5)cc4)cc3)nc(C)n2)cc1. The van der Waals surface area contributed by atoms with E-state index in [1.807, 2.05) is 91.9 Å². The second kappa shape index (κ2) is 10.7. The maximum atomic E-state index is 12.7. The van der Waals surface area contributed by atoms with Crippen molar-refractivity contribution in [1.29, 1.82) is 0 Å². The van der Waals surface area contributed by atoms with Crippen LogP contribution in [0.2, 0.25) is 0 Å². The van der Waals surface area contributed by atoms with Crippen molar-refractivity contribution in [1.82, 2.24) is 9.97 Å². The van der Waals surface area contributed by atoms with E-state index < -0.39 is 0 Å². The number of hydrogen-bond donors (Lipinski definition) is 3. The van der Waals surface area contributed by atoms with E-state index in [2.05, 4.69) is 57.1 Å². The highest BCUT2D eigenvalue weighted by Crippen LogP contribution is 2.23. The summed E-state index contributed by atoms with van der Waals surface area (Å²) >= 11 is 0. The third-order valence-corrected chi connectivity index (χ3v) is 5.83. The first-order valence-electron chi connectivity index (χ1n) is 12.1. The first-order valence-corrected chi connectivity index (χ1v) is 12.1. The molecule has 1 heterocycles. The lowest BCUT2D eigenvalue weighted by atomic mass is 10.0. The van der Waals surface area contributed by atoms with Gasteiger partial charge in [-0.2, -0.15) is 0 Å². The van der Waals surface area contributed by atoms with Crippen LogP contribution in [0.4, 0.5) is 28.7 Å². The molecule has 5 aromatic rings. The van der Waals surface area contributed by atoms with E-state index in [9.17, 15) is 4.79 Å². The van der Waals surface area contributed by atoms with Gasteiger partial charge in [-0.05, 0) is 73.5 Å². The lowest BCUT2D eigenvalue weighted by Gasteiger charge is -2.11. The number of carbonyl (C=O) groups is 1. The predicted molar refractivity (Wildman–Crippen MR) is 151 cm³/mol. The summed E-state index contributed by atoms with van der Waals surface area (Å²) in [5.74, 6) is 1.89. The number of hydrogen-bond acceptors (Lipinski definition) is 5. The predicted octanol–water partition coefficient (Wildman–Crippen LogP) is 7.50. The number of nitrogens with one attached hydrogen (secondary N) is 3. The Balaban J connectivity index is 1.22. The van der Waals surface area contributed by atoms with Crippen LogP contribution in [0.5, 0.6) is 0 Å². The molecule has 0 bridgehead atoms. The Hall–Kier alpha value is -4.97. The molecule has 3 N–H and O–H groups in total. The Morgan fingerprint density at radius 2 is 1.11 bits per heavy atom. The Kier molecular flexibility index (Phi) is 6.90. The van der Waals surface area contributed by atoms with E-state index in [0.29, 0.717) is 28.7 Å². The van der Waals surface area contributed by atoms with Crippen LogP contribution < -0.4 is 16.0 Å². The van der Waals surface area contributed by atoms with Crippen LogP contribution in [0.15, 0.2) is 109 Å². The van der Waals surface area contributed by atoms with Crippen LogP contribution in [0.3, 0.4) is 0 Å². The summed E-state index contributed by atoms with van der Waals surface area (Å²) in [5, 5.41) is 9.58. The van der Waals surface area contributed by atoms with Crippen molar-refractivity contribution >= 4 is 34.6 Å². The standard InChI is InChI=1S/C31H27N5O/c1-21-8-14-26(15-9-21)34-29-20-30(33-22(2)32-29)35-27-16-18-28(19-17-27)36-31(37)25-12-10-24(11-13-25)23-6-4-3-5-7-23/h3-20H,1-2H3,(H,36,37)(H2,32,33,34,35). The molecule has 0 atom stereocenters. The van der Waals surface area contributed by atoms with Crippen LogP contribution in [0, 0.1) is 13.8 Å². The second-order valence-electron chi connectivity index (χ2n) is 8.78. The van der Waals surface area contributed by atoms with E-state index in [1.165, 1.54) is 5.56 Å². The molecule has 1 aromatic heterocycles. The fourth-order valence-electron chi connectivity index (χ4n) is 3.91. The highest BCUT2D eigenvalue weighted by molar-refractivity contribution is 6.04. The number of rotatable bonds is 7. The van der Waals surface area contributed by atoms with E-state index in [0.717, 1.165) is 22.5 Å². The molecule has 0 aliphatic heterocycles. The van der Waals surface area contributed by atoms with Gasteiger partial charge < -0.3 is 16.0 Å². The summed E-state index contributed by atoms with van der Waals surface area (Å²) in [7, 11) is 0. The summed E-state index contributed by atoms with van der Waals surface area (Å²) in [6.45, 7) is 3.91. The lowest BCUT2D eigenvalue weighted by molar-refractivity contribution is 0.102. The molecule has 4 aromatic carbocycles. The summed E-state index contributed by atoms with van der Waals surface area (Å²) in [5.41, 5.74) is 6.52. The monoisotopic (exact) mass is 485 g/mol. The smallest absolute Gasteiger partial charge is 0.255 e. The maximum Gasteiger partial charge on any atom is 0.255 e. The van der Waals surface area contributed by atoms with Crippen LogP contribution in [0.1, 0.15) is 21.7 Å². The van der Waals surface area contributed by atoms with Crippen molar-refractivity contribution in [2.24, 2.45) is 0 Å². The molecule has 0 unspecified atom stereocenters. The van der Waals surface area contributed by atoms with Crippen molar-refractivity contribution in [3.05, 3.63) is 126 Å². The highest BCUT2D eigenvalue weighted by atomic mass is 16.1. The van der Waals surface area contributed by atoms with Crippen LogP contribution in [-0.4, -0.2) is 15.9 Å². The average Bonchev–Trinajstić information content (AvgIpc) is 2.91. The lowest BCUT2D eigenvalue weighted by Crippen LogP contribution is -2.11.